The molecule has 2 N–H and O–H groups in total. The van der Waals surface area contributed by atoms with E-state index >= 15 is 0 Å². The second-order valence-electron chi connectivity index (χ2n) is 6.23. The lowest BCUT2D eigenvalue weighted by atomic mass is 10.1. The van der Waals surface area contributed by atoms with Crippen molar-refractivity contribution >= 4 is 50.9 Å². The zero-order valence-electron chi connectivity index (χ0n) is 14.8. The van der Waals surface area contributed by atoms with Crippen molar-refractivity contribution in [3.05, 3.63) is 60.0 Å². The fourth-order valence-electron chi connectivity index (χ4n) is 2.92. The number of hydrogen-bond acceptors (Lipinski definition) is 5. The Hall–Kier alpha value is -3.26. The van der Waals surface area contributed by atoms with Crippen LogP contribution in [-0.2, 0) is 4.79 Å². The summed E-state index contributed by atoms with van der Waals surface area (Å²) in [6, 6.07) is 11.3. The summed E-state index contributed by atoms with van der Waals surface area (Å²) in [6.45, 7) is 1.47. The molecule has 28 heavy (non-hydrogen) atoms. The first kappa shape index (κ1) is 18.1. The molecule has 0 spiro atoms. The summed E-state index contributed by atoms with van der Waals surface area (Å²) < 4.78 is 13.6. The predicted octanol–water partition coefficient (Wildman–Crippen LogP) is 4.18. The minimum Gasteiger partial charge on any atom is -0.352 e. The summed E-state index contributed by atoms with van der Waals surface area (Å²) in [5, 5.41) is 12.9. The molecular weight excluding hydrogens is 379 g/mol. The van der Waals surface area contributed by atoms with Gasteiger partial charge in [0, 0.05) is 27.5 Å². The van der Waals surface area contributed by atoms with Gasteiger partial charge in [-0.25, -0.2) is 4.39 Å². The molecule has 4 rings (SSSR count). The molecule has 0 radical (unpaired) electrons. The van der Waals surface area contributed by atoms with Crippen molar-refractivity contribution in [1.82, 2.24) is 15.2 Å². The van der Waals surface area contributed by atoms with Crippen molar-refractivity contribution < 1.29 is 14.0 Å². The number of aromatic nitrogens is 3. The SMILES string of the molecule is CC(=O)c1cccc(NC(=O)CSc2nncc3c2[nH]c2ccc(F)cc23)c1. The Morgan fingerprint density at radius 2 is 2.04 bits per heavy atom. The van der Waals surface area contributed by atoms with Crippen LogP contribution in [0.4, 0.5) is 10.1 Å². The average Bonchev–Trinajstić information content (AvgIpc) is 3.05. The molecule has 0 aliphatic heterocycles. The van der Waals surface area contributed by atoms with E-state index in [1.54, 1.807) is 36.5 Å². The molecule has 0 atom stereocenters. The number of nitrogens with one attached hydrogen (secondary N) is 2. The monoisotopic (exact) mass is 394 g/mol. The number of amides is 1. The number of rotatable bonds is 5. The van der Waals surface area contributed by atoms with E-state index in [1.807, 2.05) is 0 Å². The van der Waals surface area contributed by atoms with Crippen LogP contribution in [-0.4, -0.2) is 32.6 Å². The zero-order chi connectivity index (χ0) is 19.7. The van der Waals surface area contributed by atoms with E-state index in [0.717, 1.165) is 16.3 Å². The molecule has 0 aliphatic rings. The summed E-state index contributed by atoms with van der Waals surface area (Å²) in [6.07, 6.45) is 1.57. The normalized spacial score (nSPS) is 11.1. The number of carbonyl (C=O) groups excluding carboxylic acids is 2. The maximum absolute atomic E-state index is 13.6. The van der Waals surface area contributed by atoms with Crippen molar-refractivity contribution in [2.24, 2.45) is 0 Å². The topological polar surface area (TPSA) is 87.7 Å². The molecule has 8 heteroatoms. The van der Waals surface area contributed by atoms with E-state index in [0.29, 0.717) is 21.8 Å². The Labute approximate surface area is 163 Å². The third-order valence-electron chi connectivity index (χ3n) is 4.24. The maximum Gasteiger partial charge on any atom is 0.234 e. The number of aromatic amines is 1. The fourth-order valence-corrected chi connectivity index (χ4v) is 3.67. The number of carbonyl (C=O) groups is 2. The maximum atomic E-state index is 13.6. The van der Waals surface area contributed by atoms with E-state index < -0.39 is 0 Å². The van der Waals surface area contributed by atoms with Crippen molar-refractivity contribution in [2.45, 2.75) is 11.9 Å². The number of H-pyrrole nitrogens is 1. The Morgan fingerprint density at radius 3 is 2.86 bits per heavy atom. The Bertz CT molecular complexity index is 1220. The van der Waals surface area contributed by atoms with Crippen molar-refractivity contribution in [3.63, 3.8) is 0 Å². The van der Waals surface area contributed by atoms with Crippen molar-refractivity contribution in [2.75, 3.05) is 11.1 Å². The smallest absolute Gasteiger partial charge is 0.234 e. The number of halogens is 1. The first-order chi connectivity index (χ1) is 13.5. The molecule has 6 nitrogen and oxygen atoms in total. The molecule has 2 aromatic heterocycles. The molecule has 0 saturated heterocycles. The van der Waals surface area contributed by atoms with Gasteiger partial charge in [0.25, 0.3) is 0 Å². The number of benzene rings is 2. The van der Waals surface area contributed by atoms with E-state index in [9.17, 15) is 14.0 Å². The van der Waals surface area contributed by atoms with Crippen LogP contribution < -0.4 is 5.32 Å². The lowest BCUT2D eigenvalue weighted by Crippen LogP contribution is -2.14. The molecule has 2 heterocycles. The molecule has 140 valence electrons. The standard InChI is InChI=1S/C20H15FN4O2S/c1-11(26)12-3-2-4-14(7-12)23-18(27)10-28-20-19-16(9-22-25-20)15-8-13(21)5-6-17(15)24-19/h2-9,24H,10H2,1H3,(H,23,27). The van der Waals surface area contributed by atoms with Gasteiger partial charge in [0.05, 0.1) is 17.5 Å². The van der Waals surface area contributed by atoms with Gasteiger partial charge in [-0.3, -0.25) is 9.59 Å². The summed E-state index contributed by atoms with van der Waals surface area (Å²) >= 11 is 1.23. The second kappa shape index (κ2) is 7.40. The van der Waals surface area contributed by atoms with Crippen LogP contribution in [0, 0.1) is 5.82 Å². The van der Waals surface area contributed by atoms with Gasteiger partial charge >= 0.3 is 0 Å². The number of nitrogens with zero attached hydrogens (tertiary/aromatic N) is 2. The number of thioether (sulfide) groups is 1. The number of ketones is 1. The number of anilines is 1. The van der Waals surface area contributed by atoms with E-state index in [4.69, 9.17) is 0 Å². The molecule has 0 bridgehead atoms. The minimum absolute atomic E-state index is 0.0670. The third-order valence-corrected chi connectivity index (χ3v) is 5.21. The highest BCUT2D eigenvalue weighted by Gasteiger charge is 2.13. The van der Waals surface area contributed by atoms with Gasteiger partial charge < -0.3 is 10.3 Å². The summed E-state index contributed by atoms with van der Waals surface area (Å²) in [7, 11) is 0. The van der Waals surface area contributed by atoms with Gasteiger partial charge in [-0.2, -0.15) is 5.10 Å². The number of fused-ring (bicyclic) bond motifs is 3. The van der Waals surface area contributed by atoms with Gasteiger partial charge in [0.15, 0.2) is 5.78 Å². The molecule has 2 aromatic carbocycles. The van der Waals surface area contributed by atoms with E-state index in [-0.39, 0.29) is 23.3 Å². The molecular formula is C20H15FN4O2S. The van der Waals surface area contributed by atoms with Gasteiger partial charge in [-0.15, -0.1) is 5.10 Å². The van der Waals surface area contributed by atoms with Gasteiger partial charge in [0.2, 0.25) is 5.91 Å². The highest BCUT2D eigenvalue weighted by atomic mass is 32.2. The van der Waals surface area contributed by atoms with Gasteiger partial charge in [-0.05, 0) is 37.3 Å². The number of hydrogen-bond donors (Lipinski definition) is 2. The number of Topliss-reactive ketones (excluding diaryl/α,β-unsaturated/α-hetero) is 1. The summed E-state index contributed by atoms with van der Waals surface area (Å²) in [4.78, 5) is 27.0. The third kappa shape index (κ3) is 3.59. The highest BCUT2D eigenvalue weighted by Crippen LogP contribution is 2.30. The van der Waals surface area contributed by atoms with Crippen LogP contribution in [0.2, 0.25) is 0 Å². The van der Waals surface area contributed by atoms with Crippen LogP contribution in [0.25, 0.3) is 21.8 Å². The molecule has 0 unspecified atom stereocenters. The first-order valence-corrected chi connectivity index (χ1v) is 9.46. The highest BCUT2D eigenvalue weighted by molar-refractivity contribution is 8.00. The zero-order valence-corrected chi connectivity index (χ0v) is 15.6. The molecule has 0 saturated carbocycles. The molecule has 0 fully saturated rings. The van der Waals surface area contributed by atoms with Crippen LogP contribution in [0.3, 0.4) is 0 Å². The Balaban J connectivity index is 1.52. The van der Waals surface area contributed by atoms with Crippen molar-refractivity contribution in [3.8, 4) is 0 Å². The molecule has 1 amide bonds. The van der Waals surface area contributed by atoms with Crippen LogP contribution in [0.15, 0.2) is 53.7 Å². The van der Waals surface area contributed by atoms with Gasteiger partial charge in [-0.1, -0.05) is 23.9 Å². The van der Waals surface area contributed by atoms with E-state index in [2.05, 4.69) is 20.5 Å². The quantitative estimate of drug-likeness (QED) is 0.392. The lowest BCUT2D eigenvalue weighted by molar-refractivity contribution is -0.113. The Morgan fingerprint density at radius 1 is 1.18 bits per heavy atom. The summed E-state index contributed by atoms with van der Waals surface area (Å²) in [5.74, 6) is -0.511. The van der Waals surface area contributed by atoms with Crippen LogP contribution >= 0.6 is 11.8 Å². The average molecular weight is 394 g/mol. The molecule has 0 aliphatic carbocycles. The first-order valence-electron chi connectivity index (χ1n) is 8.47. The second-order valence-corrected chi connectivity index (χ2v) is 7.19. The van der Waals surface area contributed by atoms with E-state index in [1.165, 1.54) is 30.8 Å². The fraction of sp³-hybridized carbons (Fsp3) is 0.100. The minimum atomic E-state index is -0.327. The van der Waals surface area contributed by atoms with Gasteiger partial charge in [0.1, 0.15) is 10.8 Å². The molecule has 4 aromatic rings. The van der Waals surface area contributed by atoms with Crippen molar-refractivity contribution in [1.29, 1.82) is 0 Å². The summed E-state index contributed by atoms with van der Waals surface area (Å²) in [5.41, 5.74) is 2.58. The Kier molecular flexibility index (Phi) is 4.79. The largest absolute Gasteiger partial charge is 0.352 e. The lowest BCUT2D eigenvalue weighted by Gasteiger charge is -2.06. The van der Waals surface area contributed by atoms with Crippen LogP contribution in [0.5, 0.6) is 0 Å². The van der Waals surface area contributed by atoms with Crippen LogP contribution in [0.1, 0.15) is 17.3 Å². The predicted molar refractivity (Wildman–Crippen MR) is 107 cm³/mol.